The summed E-state index contributed by atoms with van der Waals surface area (Å²) in [6.45, 7) is 2.33. The van der Waals surface area contributed by atoms with Crippen LogP contribution in [0, 0.1) is 17.3 Å². The van der Waals surface area contributed by atoms with Gasteiger partial charge in [-0.25, -0.2) is 0 Å². The van der Waals surface area contributed by atoms with Gasteiger partial charge in [0.2, 0.25) is 0 Å². The van der Waals surface area contributed by atoms with E-state index in [0.29, 0.717) is 11.8 Å². The number of nitrogen functional groups attached to an aromatic ring is 1. The molecule has 3 aliphatic carbocycles. The van der Waals surface area contributed by atoms with Gasteiger partial charge in [0.15, 0.2) is 0 Å². The van der Waals surface area contributed by atoms with Crippen molar-refractivity contribution in [3.05, 3.63) is 29.3 Å². The normalized spacial score (nSPS) is 42.7. The van der Waals surface area contributed by atoms with Gasteiger partial charge < -0.3 is 10.8 Å². The predicted molar refractivity (Wildman–Crippen MR) is 81.5 cm³/mol. The summed E-state index contributed by atoms with van der Waals surface area (Å²) in [6, 6.07) is 6.50. The third kappa shape index (κ3) is 1.60. The van der Waals surface area contributed by atoms with Crippen molar-refractivity contribution >= 4 is 5.69 Å². The Labute approximate surface area is 121 Å². The molecule has 2 heteroatoms. The number of aryl methyl sites for hydroxylation is 1. The highest BCUT2D eigenvalue weighted by molar-refractivity contribution is 5.47. The maximum absolute atomic E-state index is 10.4. The Bertz CT molecular complexity index is 540. The van der Waals surface area contributed by atoms with Gasteiger partial charge in [0.1, 0.15) is 0 Å². The highest BCUT2D eigenvalue weighted by atomic mass is 16.3. The summed E-state index contributed by atoms with van der Waals surface area (Å²) in [6.07, 6.45) is 7.05. The smallest absolute Gasteiger partial charge is 0.0596 e. The van der Waals surface area contributed by atoms with E-state index in [0.717, 1.165) is 18.0 Å². The molecule has 0 bridgehead atoms. The standard InChI is InChI=1S/C18H25NO/c1-18-9-8-13-14(16(18)6-7-17(18)20)5-3-11-2-4-12(19)10-15(11)13/h2,4,10,13-14,16-17,20H,3,5-9,19H2,1H3/t13-,14+,16-,17-,18-/m0/s1. The van der Waals surface area contributed by atoms with Crippen LogP contribution in [0.1, 0.15) is 56.1 Å². The van der Waals surface area contributed by atoms with Crippen LogP contribution in [0.15, 0.2) is 18.2 Å². The molecule has 0 unspecified atom stereocenters. The van der Waals surface area contributed by atoms with Crippen LogP contribution < -0.4 is 5.73 Å². The number of hydrogen-bond donors (Lipinski definition) is 2. The summed E-state index contributed by atoms with van der Waals surface area (Å²) in [7, 11) is 0. The minimum Gasteiger partial charge on any atom is -0.399 e. The number of rotatable bonds is 0. The topological polar surface area (TPSA) is 46.2 Å². The van der Waals surface area contributed by atoms with E-state index in [9.17, 15) is 5.11 Å². The number of anilines is 1. The Balaban J connectivity index is 1.73. The number of aliphatic hydroxyl groups is 1. The number of nitrogens with two attached hydrogens (primary N) is 1. The lowest BCUT2D eigenvalue weighted by molar-refractivity contribution is -0.0226. The summed E-state index contributed by atoms with van der Waals surface area (Å²) in [4.78, 5) is 0. The van der Waals surface area contributed by atoms with E-state index in [1.54, 1.807) is 0 Å². The van der Waals surface area contributed by atoms with Crippen LogP contribution in [0.2, 0.25) is 0 Å². The second kappa shape index (κ2) is 4.24. The van der Waals surface area contributed by atoms with E-state index in [2.05, 4.69) is 19.1 Å². The molecule has 1 aromatic carbocycles. The first-order valence-corrected chi connectivity index (χ1v) is 8.16. The lowest BCUT2D eigenvalue weighted by Gasteiger charge is -2.50. The fourth-order valence-electron chi connectivity index (χ4n) is 5.56. The second-order valence-corrected chi connectivity index (χ2v) is 7.51. The largest absolute Gasteiger partial charge is 0.399 e. The molecule has 20 heavy (non-hydrogen) atoms. The van der Waals surface area contributed by atoms with Crippen LogP contribution >= 0.6 is 0 Å². The molecule has 3 aliphatic rings. The highest BCUT2D eigenvalue weighted by Gasteiger charge is 2.54. The van der Waals surface area contributed by atoms with Gasteiger partial charge in [0.05, 0.1) is 6.10 Å². The van der Waals surface area contributed by atoms with Gasteiger partial charge in [-0.05, 0) is 85.0 Å². The number of fused-ring (bicyclic) bond motifs is 5. The van der Waals surface area contributed by atoms with E-state index >= 15 is 0 Å². The Morgan fingerprint density at radius 2 is 2.05 bits per heavy atom. The molecule has 0 heterocycles. The SMILES string of the molecule is C[C@]12CC[C@@H]3c4cc(N)ccc4CC[C@H]3[C@@H]1CC[C@@H]2O. The molecule has 2 fully saturated rings. The van der Waals surface area contributed by atoms with Crippen molar-refractivity contribution in [1.29, 1.82) is 0 Å². The molecule has 108 valence electrons. The molecular weight excluding hydrogens is 246 g/mol. The third-order valence-electron chi connectivity index (χ3n) is 6.70. The first-order valence-electron chi connectivity index (χ1n) is 8.16. The van der Waals surface area contributed by atoms with Gasteiger partial charge >= 0.3 is 0 Å². The van der Waals surface area contributed by atoms with Gasteiger partial charge in [-0.1, -0.05) is 13.0 Å². The van der Waals surface area contributed by atoms with Gasteiger partial charge in [0, 0.05) is 5.69 Å². The van der Waals surface area contributed by atoms with Crippen molar-refractivity contribution in [1.82, 2.24) is 0 Å². The van der Waals surface area contributed by atoms with Crippen LogP contribution in [0.3, 0.4) is 0 Å². The fourth-order valence-corrected chi connectivity index (χ4v) is 5.56. The maximum atomic E-state index is 10.4. The molecule has 2 nitrogen and oxygen atoms in total. The van der Waals surface area contributed by atoms with Gasteiger partial charge in [0.25, 0.3) is 0 Å². The quantitative estimate of drug-likeness (QED) is 0.710. The van der Waals surface area contributed by atoms with E-state index in [1.807, 2.05) is 6.07 Å². The molecule has 0 aromatic heterocycles. The van der Waals surface area contributed by atoms with Crippen LogP contribution in [0.4, 0.5) is 5.69 Å². The van der Waals surface area contributed by atoms with E-state index < -0.39 is 0 Å². The molecule has 0 radical (unpaired) electrons. The van der Waals surface area contributed by atoms with Crippen LogP contribution in [-0.4, -0.2) is 11.2 Å². The Morgan fingerprint density at radius 3 is 2.90 bits per heavy atom. The van der Waals surface area contributed by atoms with Crippen molar-refractivity contribution < 1.29 is 5.11 Å². The minimum atomic E-state index is -0.0734. The van der Waals surface area contributed by atoms with Crippen molar-refractivity contribution in [2.24, 2.45) is 17.3 Å². The zero-order chi connectivity index (χ0) is 13.9. The Hall–Kier alpha value is -1.02. The van der Waals surface area contributed by atoms with Crippen LogP contribution in [0.25, 0.3) is 0 Å². The first-order chi connectivity index (χ1) is 9.59. The van der Waals surface area contributed by atoms with Gasteiger partial charge in [-0.15, -0.1) is 0 Å². The van der Waals surface area contributed by atoms with E-state index in [-0.39, 0.29) is 11.5 Å². The summed E-state index contributed by atoms with van der Waals surface area (Å²) >= 11 is 0. The molecule has 4 rings (SSSR count). The average molecular weight is 271 g/mol. The summed E-state index contributed by atoms with van der Waals surface area (Å²) in [5.74, 6) is 2.16. The highest BCUT2D eigenvalue weighted by Crippen LogP contribution is 2.60. The molecule has 5 atom stereocenters. The molecular formula is C18H25NO. The molecule has 1 aromatic rings. The van der Waals surface area contributed by atoms with Crippen molar-refractivity contribution in [2.75, 3.05) is 5.73 Å². The van der Waals surface area contributed by atoms with Crippen LogP contribution in [0.5, 0.6) is 0 Å². The summed E-state index contributed by atoms with van der Waals surface area (Å²) < 4.78 is 0. The summed E-state index contributed by atoms with van der Waals surface area (Å²) in [5.41, 5.74) is 10.1. The van der Waals surface area contributed by atoms with Crippen molar-refractivity contribution in [2.45, 2.75) is 57.5 Å². The minimum absolute atomic E-state index is 0.0734. The first kappa shape index (κ1) is 12.7. The zero-order valence-corrected chi connectivity index (χ0v) is 12.3. The number of hydrogen-bond acceptors (Lipinski definition) is 2. The molecule has 0 saturated heterocycles. The molecule has 0 amide bonds. The van der Waals surface area contributed by atoms with E-state index in [1.165, 1.54) is 43.2 Å². The average Bonchev–Trinajstić information content (AvgIpc) is 2.74. The maximum Gasteiger partial charge on any atom is 0.0596 e. The molecule has 0 aliphatic heterocycles. The monoisotopic (exact) mass is 271 g/mol. The molecule has 3 N–H and O–H groups in total. The Morgan fingerprint density at radius 1 is 1.20 bits per heavy atom. The zero-order valence-electron chi connectivity index (χ0n) is 12.3. The fraction of sp³-hybridized carbons (Fsp3) is 0.667. The predicted octanol–water partition coefficient (Wildman–Crippen LogP) is 3.49. The van der Waals surface area contributed by atoms with E-state index in [4.69, 9.17) is 5.73 Å². The van der Waals surface area contributed by atoms with Crippen LogP contribution in [-0.2, 0) is 6.42 Å². The number of aliphatic hydroxyl groups excluding tert-OH is 1. The summed E-state index contributed by atoms with van der Waals surface area (Å²) in [5, 5.41) is 10.4. The molecule has 0 spiro atoms. The van der Waals surface area contributed by atoms with Crippen molar-refractivity contribution in [3.63, 3.8) is 0 Å². The lowest BCUT2D eigenvalue weighted by atomic mass is 9.55. The lowest BCUT2D eigenvalue weighted by Crippen LogP contribution is -2.43. The van der Waals surface area contributed by atoms with Gasteiger partial charge in [-0.3, -0.25) is 0 Å². The third-order valence-corrected chi connectivity index (χ3v) is 6.70. The number of benzene rings is 1. The molecule has 2 saturated carbocycles. The Kier molecular flexibility index (Phi) is 2.69. The van der Waals surface area contributed by atoms with Crippen molar-refractivity contribution in [3.8, 4) is 0 Å². The van der Waals surface area contributed by atoms with Gasteiger partial charge in [-0.2, -0.15) is 0 Å². The second-order valence-electron chi connectivity index (χ2n) is 7.51.